The molecule has 0 radical (unpaired) electrons. The highest BCUT2D eigenvalue weighted by atomic mass is 35.5. The third kappa shape index (κ3) is 4.43. The summed E-state index contributed by atoms with van der Waals surface area (Å²) >= 11 is 6.22. The van der Waals surface area contributed by atoms with Gasteiger partial charge in [0.1, 0.15) is 0 Å². The number of fused-ring (bicyclic) bond motifs is 1. The van der Waals surface area contributed by atoms with Crippen molar-refractivity contribution in [2.24, 2.45) is 11.8 Å². The third-order valence-corrected chi connectivity index (χ3v) is 6.20. The number of carbonyl (C=O) groups is 1. The summed E-state index contributed by atoms with van der Waals surface area (Å²) in [6, 6.07) is 10.6. The van der Waals surface area contributed by atoms with E-state index >= 15 is 0 Å². The summed E-state index contributed by atoms with van der Waals surface area (Å²) < 4.78 is 1.56. The lowest BCUT2D eigenvalue weighted by Gasteiger charge is -2.21. The van der Waals surface area contributed by atoms with Crippen molar-refractivity contribution in [1.29, 1.82) is 0 Å². The van der Waals surface area contributed by atoms with Gasteiger partial charge in [0.2, 0.25) is 0 Å². The molecule has 0 saturated carbocycles. The highest BCUT2D eigenvalue weighted by Gasteiger charge is 2.31. The van der Waals surface area contributed by atoms with E-state index in [-0.39, 0.29) is 23.9 Å². The molecule has 0 aliphatic carbocycles. The summed E-state index contributed by atoms with van der Waals surface area (Å²) in [4.78, 5) is 27.2. The molecule has 1 amide bonds. The van der Waals surface area contributed by atoms with Gasteiger partial charge in [-0.15, -0.1) is 12.4 Å². The number of halogens is 2. The van der Waals surface area contributed by atoms with Crippen LogP contribution < -0.4 is 10.9 Å². The average Bonchev–Trinajstić information content (AvgIpc) is 3.03. The molecule has 2 aromatic rings. The first-order chi connectivity index (χ1) is 13.1. The third-order valence-electron chi connectivity index (χ3n) is 5.84. The van der Waals surface area contributed by atoms with E-state index in [4.69, 9.17) is 11.6 Å². The van der Waals surface area contributed by atoms with Crippen LogP contribution in [-0.4, -0.2) is 41.6 Å². The summed E-state index contributed by atoms with van der Waals surface area (Å²) in [5.74, 6) is 1.37. The van der Waals surface area contributed by atoms with Crippen molar-refractivity contribution in [3.8, 4) is 0 Å². The van der Waals surface area contributed by atoms with Crippen LogP contribution in [-0.2, 0) is 6.54 Å². The molecule has 2 saturated heterocycles. The maximum Gasteiger partial charge on any atom is 0.255 e. The van der Waals surface area contributed by atoms with Crippen molar-refractivity contribution in [3.05, 3.63) is 69.1 Å². The van der Waals surface area contributed by atoms with Crippen LogP contribution in [0.4, 0.5) is 0 Å². The predicted octanol–water partition coefficient (Wildman–Crippen LogP) is 3.04. The Morgan fingerprint density at radius 1 is 1.07 bits per heavy atom. The van der Waals surface area contributed by atoms with E-state index in [9.17, 15) is 9.59 Å². The van der Waals surface area contributed by atoms with Gasteiger partial charge in [-0.1, -0.05) is 29.8 Å². The fourth-order valence-corrected chi connectivity index (χ4v) is 4.39. The standard InChI is InChI=1S/C21H24ClN3O2.ClH/c22-19-4-2-1-3-17(19)13-25-14-18(5-6-20(25)26)21(27)24-9-7-15-11-23-12-16(15)8-10-24;/h1-6,14-16,23H,7-13H2;1H/t15-,16+;. The fourth-order valence-electron chi connectivity index (χ4n) is 4.20. The Kier molecular flexibility index (Phi) is 6.81. The second-order valence-electron chi connectivity index (χ2n) is 7.52. The molecule has 7 heteroatoms. The van der Waals surface area contributed by atoms with Gasteiger partial charge in [-0.2, -0.15) is 0 Å². The minimum absolute atomic E-state index is 0. The lowest BCUT2D eigenvalue weighted by atomic mass is 9.92. The number of amides is 1. The smallest absolute Gasteiger partial charge is 0.255 e. The molecule has 2 atom stereocenters. The van der Waals surface area contributed by atoms with E-state index in [1.165, 1.54) is 6.07 Å². The Bertz CT molecular complexity index is 885. The Labute approximate surface area is 176 Å². The largest absolute Gasteiger partial charge is 0.339 e. The molecule has 2 aliphatic rings. The zero-order valence-corrected chi connectivity index (χ0v) is 17.2. The van der Waals surface area contributed by atoms with Crippen LogP contribution in [0.25, 0.3) is 0 Å². The molecule has 150 valence electrons. The zero-order valence-electron chi connectivity index (χ0n) is 15.6. The molecule has 1 aromatic carbocycles. The van der Waals surface area contributed by atoms with Crippen molar-refractivity contribution in [2.45, 2.75) is 19.4 Å². The van der Waals surface area contributed by atoms with Crippen LogP contribution >= 0.6 is 24.0 Å². The lowest BCUT2D eigenvalue weighted by Crippen LogP contribution is -2.33. The van der Waals surface area contributed by atoms with Gasteiger partial charge >= 0.3 is 0 Å². The predicted molar refractivity (Wildman–Crippen MR) is 113 cm³/mol. The highest BCUT2D eigenvalue weighted by molar-refractivity contribution is 6.31. The van der Waals surface area contributed by atoms with Crippen molar-refractivity contribution in [3.63, 3.8) is 0 Å². The number of nitrogens with one attached hydrogen (secondary N) is 1. The first kappa shape index (κ1) is 20.9. The van der Waals surface area contributed by atoms with Crippen molar-refractivity contribution >= 4 is 29.9 Å². The van der Waals surface area contributed by atoms with Crippen LogP contribution in [0.3, 0.4) is 0 Å². The first-order valence-corrected chi connectivity index (χ1v) is 9.93. The molecular formula is C21H25Cl2N3O2. The SMILES string of the molecule is Cl.O=C(c1ccc(=O)n(Cc2ccccc2Cl)c1)N1CC[C@@H]2CNC[C@@H]2CC1. The molecule has 0 bridgehead atoms. The number of hydrogen-bond donors (Lipinski definition) is 1. The van der Waals surface area contributed by atoms with Gasteiger partial charge in [-0.3, -0.25) is 9.59 Å². The van der Waals surface area contributed by atoms with E-state index in [1.807, 2.05) is 23.1 Å². The number of benzene rings is 1. The lowest BCUT2D eigenvalue weighted by molar-refractivity contribution is 0.0757. The number of carbonyl (C=O) groups excluding carboxylic acids is 1. The van der Waals surface area contributed by atoms with Crippen LogP contribution in [0.1, 0.15) is 28.8 Å². The average molecular weight is 422 g/mol. The van der Waals surface area contributed by atoms with Gasteiger partial charge in [-0.25, -0.2) is 0 Å². The number of aromatic nitrogens is 1. The van der Waals surface area contributed by atoms with E-state index in [1.54, 1.807) is 22.9 Å². The van der Waals surface area contributed by atoms with Crippen LogP contribution in [0.5, 0.6) is 0 Å². The van der Waals surface area contributed by atoms with Crippen molar-refractivity contribution in [1.82, 2.24) is 14.8 Å². The Morgan fingerprint density at radius 3 is 2.43 bits per heavy atom. The Morgan fingerprint density at radius 2 is 1.75 bits per heavy atom. The molecule has 1 aromatic heterocycles. The molecule has 0 unspecified atom stereocenters. The van der Waals surface area contributed by atoms with Crippen LogP contribution in [0.2, 0.25) is 5.02 Å². The molecule has 5 nitrogen and oxygen atoms in total. The first-order valence-electron chi connectivity index (χ1n) is 9.56. The zero-order chi connectivity index (χ0) is 18.8. The topological polar surface area (TPSA) is 54.3 Å². The second kappa shape index (κ2) is 9.12. The molecule has 2 fully saturated rings. The number of rotatable bonds is 3. The Balaban J connectivity index is 0.00000225. The van der Waals surface area contributed by atoms with E-state index in [0.29, 0.717) is 29.0 Å². The molecule has 3 heterocycles. The van der Waals surface area contributed by atoms with Crippen molar-refractivity contribution in [2.75, 3.05) is 26.2 Å². The van der Waals surface area contributed by atoms with E-state index < -0.39 is 0 Å². The number of hydrogen-bond acceptors (Lipinski definition) is 3. The van der Waals surface area contributed by atoms with Crippen LogP contribution in [0, 0.1) is 11.8 Å². The van der Waals surface area contributed by atoms with Gasteiger partial charge in [0.05, 0.1) is 12.1 Å². The van der Waals surface area contributed by atoms with Gasteiger partial charge < -0.3 is 14.8 Å². The van der Waals surface area contributed by atoms with Gasteiger partial charge in [-0.05, 0) is 55.5 Å². The molecule has 2 aliphatic heterocycles. The summed E-state index contributed by atoms with van der Waals surface area (Å²) in [7, 11) is 0. The van der Waals surface area contributed by atoms with E-state index in [2.05, 4.69) is 5.32 Å². The second-order valence-corrected chi connectivity index (χ2v) is 7.93. The van der Waals surface area contributed by atoms with Gasteiger partial charge in [0.15, 0.2) is 0 Å². The van der Waals surface area contributed by atoms with E-state index in [0.717, 1.165) is 44.6 Å². The normalized spacial score (nSPS) is 21.5. The Hall–Kier alpha value is -1.82. The molecule has 0 spiro atoms. The monoisotopic (exact) mass is 421 g/mol. The molecule has 28 heavy (non-hydrogen) atoms. The minimum Gasteiger partial charge on any atom is -0.339 e. The highest BCUT2D eigenvalue weighted by Crippen LogP contribution is 2.27. The maximum absolute atomic E-state index is 13.0. The molecular weight excluding hydrogens is 397 g/mol. The minimum atomic E-state index is -0.136. The molecule has 4 rings (SSSR count). The van der Waals surface area contributed by atoms with Crippen molar-refractivity contribution < 1.29 is 4.79 Å². The maximum atomic E-state index is 13.0. The quantitative estimate of drug-likeness (QED) is 0.828. The van der Waals surface area contributed by atoms with Gasteiger partial charge in [0.25, 0.3) is 11.5 Å². The molecule has 1 N–H and O–H groups in total. The summed E-state index contributed by atoms with van der Waals surface area (Å²) in [6.45, 7) is 4.05. The fraction of sp³-hybridized carbons (Fsp3) is 0.429. The number of likely N-dealkylation sites (tertiary alicyclic amines) is 1. The number of nitrogens with zero attached hydrogens (tertiary/aromatic N) is 2. The van der Waals surface area contributed by atoms with Gasteiger partial charge in [0, 0.05) is 30.4 Å². The summed E-state index contributed by atoms with van der Waals surface area (Å²) in [6.07, 6.45) is 3.76. The summed E-state index contributed by atoms with van der Waals surface area (Å²) in [5, 5.41) is 4.08. The number of pyridine rings is 1. The van der Waals surface area contributed by atoms with Crippen LogP contribution in [0.15, 0.2) is 47.4 Å². The summed E-state index contributed by atoms with van der Waals surface area (Å²) in [5.41, 5.74) is 1.29.